The van der Waals surface area contributed by atoms with Gasteiger partial charge in [0.15, 0.2) is 0 Å². The third-order valence-electron chi connectivity index (χ3n) is 4.87. The van der Waals surface area contributed by atoms with Crippen LogP contribution in [-0.4, -0.2) is 24.2 Å². The number of urea groups is 1. The summed E-state index contributed by atoms with van der Waals surface area (Å²) in [5.41, 5.74) is 7.15. The number of nitrogens with one attached hydrogen (secondary N) is 2. The molecule has 2 amide bonds. The highest BCUT2D eigenvalue weighted by atomic mass is 35.5. The molecule has 1 aromatic carbocycles. The van der Waals surface area contributed by atoms with Gasteiger partial charge in [0.2, 0.25) is 0 Å². The van der Waals surface area contributed by atoms with Crippen LogP contribution in [0.1, 0.15) is 50.0 Å². The predicted molar refractivity (Wildman–Crippen MR) is 89.1 cm³/mol. The van der Waals surface area contributed by atoms with Crippen molar-refractivity contribution in [3.8, 4) is 0 Å². The molecule has 0 aromatic heterocycles. The van der Waals surface area contributed by atoms with E-state index in [2.05, 4.69) is 16.7 Å². The molecule has 2 aliphatic carbocycles. The van der Waals surface area contributed by atoms with Gasteiger partial charge < -0.3 is 16.4 Å². The zero-order chi connectivity index (χ0) is 15.5. The largest absolute Gasteiger partial charge is 0.335 e. The van der Waals surface area contributed by atoms with E-state index in [1.807, 2.05) is 18.2 Å². The molecule has 2 fully saturated rings. The van der Waals surface area contributed by atoms with E-state index in [0.29, 0.717) is 5.92 Å². The Balaban J connectivity index is 1.42. The number of benzene rings is 1. The number of halogens is 1. The summed E-state index contributed by atoms with van der Waals surface area (Å²) in [7, 11) is 0. The van der Waals surface area contributed by atoms with Crippen LogP contribution in [0, 0.1) is 0 Å². The molecule has 2 atom stereocenters. The monoisotopic (exact) mass is 321 g/mol. The molecule has 2 unspecified atom stereocenters. The maximum Gasteiger partial charge on any atom is 0.315 e. The first-order valence-electron chi connectivity index (χ1n) is 8.19. The van der Waals surface area contributed by atoms with Gasteiger partial charge in [-0.15, -0.1) is 0 Å². The molecule has 0 aliphatic heterocycles. The molecule has 0 radical (unpaired) electrons. The first kappa shape index (κ1) is 15.6. The van der Waals surface area contributed by atoms with Crippen molar-refractivity contribution in [2.24, 2.45) is 5.73 Å². The van der Waals surface area contributed by atoms with E-state index in [0.717, 1.165) is 43.5 Å². The predicted octanol–water partition coefficient (Wildman–Crippen LogP) is 3.16. The lowest BCUT2D eigenvalue weighted by molar-refractivity contribution is 0.214. The summed E-state index contributed by atoms with van der Waals surface area (Å²) >= 11 is 6.22. The molecule has 0 saturated heterocycles. The smallest absolute Gasteiger partial charge is 0.315 e. The summed E-state index contributed by atoms with van der Waals surface area (Å²) in [6.07, 6.45) is 6.02. The highest BCUT2D eigenvalue weighted by Gasteiger charge is 2.33. The lowest BCUT2D eigenvalue weighted by Gasteiger charge is -2.37. The molecular weight excluding hydrogens is 298 g/mol. The molecule has 0 bridgehead atoms. The molecule has 5 heteroatoms. The van der Waals surface area contributed by atoms with Crippen LogP contribution in [0.5, 0.6) is 0 Å². The van der Waals surface area contributed by atoms with Gasteiger partial charge in [-0.3, -0.25) is 0 Å². The number of carbonyl (C=O) groups is 1. The van der Waals surface area contributed by atoms with Crippen molar-refractivity contribution < 1.29 is 4.79 Å². The first-order chi connectivity index (χ1) is 10.6. The molecule has 3 rings (SSSR count). The molecular formula is C17H24ClN3O. The molecule has 2 saturated carbocycles. The summed E-state index contributed by atoms with van der Waals surface area (Å²) in [5, 5.41) is 6.95. The van der Waals surface area contributed by atoms with Gasteiger partial charge in [0, 0.05) is 23.1 Å². The fourth-order valence-corrected chi connectivity index (χ4v) is 3.86. The zero-order valence-corrected chi connectivity index (χ0v) is 13.5. The van der Waals surface area contributed by atoms with E-state index in [1.54, 1.807) is 0 Å². The van der Waals surface area contributed by atoms with Crippen molar-refractivity contribution in [1.82, 2.24) is 10.6 Å². The van der Waals surface area contributed by atoms with Crippen molar-refractivity contribution in [3.05, 3.63) is 34.9 Å². The fraction of sp³-hybridized carbons (Fsp3) is 0.588. The van der Waals surface area contributed by atoms with Crippen LogP contribution < -0.4 is 16.4 Å². The van der Waals surface area contributed by atoms with Crippen LogP contribution >= 0.6 is 11.6 Å². The molecule has 120 valence electrons. The van der Waals surface area contributed by atoms with Gasteiger partial charge >= 0.3 is 6.03 Å². The van der Waals surface area contributed by atoms with Crippen LogP contribution in [0.2, 0.25) is 5.02 Å². The number of amides is 2. The fourth-order valence-electron chi connectivity index (χ4n) is 3.57. The minimum atomic E-state index is -0.0540. The maximum atomic E-state index is 12.0. The molecule has 1 aromatic rings. The van der Waals surface area contributed by atoms with E-state index in [1.165, 1.54) is 5.56 Å². The first-order valence-corrected chi connectivity index (χ1v) is 8.56. The van der Waals surface area contributed by atoms with Crippen molar-refractivity contribution in [1.29, 1.82) is 0 Å². The highest BCUT2D eigenvalue weighted by Crippen LogP contribution is 2.39. The summed E-state index contributed by atoms with van der Waals surface area (Å²) in [5.74, 6) is 0.460. The minimum absolute atomic E-state index is 0.0540. The molecule has 4 N–H and O–H groups in total. The summed E-state index contributed by atoms with van der Waals surface area (Å²) in [6.45, 7) is 0. The number of hydrogen-bond donors (Lipinski definition) is 3. The quantitative estimate of drug-likeness (QED) is 0.800. The van der Waals surface area contributed by atoms with Crippen LogP contribution in [-0.2, 0) is 0 Å². The molecule has 0 spiro atoms. The standard InChI is InChI=1S/C17H24ClN3O/c18-16-7-2-1-6-15(16)11-8-14(9-11)21-17(22)20-13-5-3-4-12(19)10-13/h1-2,6-7,11-14H,3-5,8-10,19H2,(H2,20,21,22). The van der Waals surface area contributed by atoms with Gasteiger partial charge in [-0.05, 0) is 56.1 Å². The molecule has 2 aliphatic rings. The van der Waals surface area contributed by atoms with Crippen LogP contribution in [0.25, 0.3) is 0 Å². The Bertz CT molecular complexity index is 530. The van der Waals surface area contributed by atoms with Gasteiger partial charge in [-0.1, -0.05) is 29.8 Å². The van der Waals surface area contributed by atoms with E-state index < -0.39 is 0 Å². The molecule has 22 heavy (non-hydrogen) atoms. The lowest BCUT2D eigenvalue weighted by atomic mass is 9.76. The Hall–Kier alpha value is -1.26. The topological polar surface area (TPSA) is 67.1 Å². The van der Waals surface area contributed by atoms with Crippen molar-refractivity contribution in [2.45, 2.75) is 62.6 Å². The Kier molecular flexibility index (Phi) is 4.89. The second-order valence-electron chi connectivity index (χ2n) is 6.63. The van der Waals surface area contributed by atoms with Crippen molar-refractivity contribution >= 4 is 17.6 Å². The Morgan fingerprint density at radius 3 is 2.55 bits per heavy atom. The SMILES string of the molecule is NC1CCCC(NC(=O)NC2CC(c3ccccc3Cl)C2)C1. The third-order valence-corrected chi connectivity index (χ3v) is 5.21. The Labute approximate surface area is 136 Å². The van der Waals surface area contributed by atoms with Crippen LogP contribution in [0.3, 0.4) is 0 Å². The van der Waals surface area contributed by atoms with Gasteiger partial charge in [-0.2, -0.15) is 0 Å². The van der Waals surface area contributed by atoms with E-state index >= 15 is 0 Å². The maximum absolute atomic E-state index is 12.0. The zero-order valence-electron chi connectivity index (χ0n) is 12.7. The van der Waals surface area contributed by atoms with E-state index in [-0.39, 0.29) is 24.2 Å². The normalized spacial score (nSPS) is 31.2. The highest BCUT2D eigenvalue weighted by molar-refractivity contribution is 6.31. The van der Waals surface area contributed by atoms with Gasteiger partial charge in [0.05, 0.1) is 0 Å². The van der Waals surface area contributed by atoms with Gasteiger partial charge in [0.25, 0.3) is 0 Å². The third kappa shape index (κ3) is 3.73. The van der Waals surface area contributed by atoms with Crippen LogP contribution in [0.4, 0.5) is 4.79 Å². The van der Waals surface area contributed by atoms with Crippen molar-refractivity contribution in [2.75, 3.05) is 0 Å². The van der Waals surface area contributed by atoms with E-state index in [9.17, 15) is 4.79 Å². The average Bonchev–Trinajstić information content (AvgIpc) is 2.43. The number of rotatable bonds is 3. The Morgan fingerprint density at radius 2 is 1.82 bits per heavy atom. The summed E-state index contributed by atoms with van der Waals surface area (Å²) in [6, 6.07) is 8.61. The Morgan fingerprint density at radius 1 is 1.09 bits per heavy atom. The van der Waals surface area contributed by atoms with Crippen molar-refractivity contribution in [3.63, 3.8) is 0 Å². The summed E-state index contributed by atoms with van der Waals surface area (Å²) in [4.78, 5) is 12.0. The molecule has 4 nitrogen and oxygen atoms in total. The van der Waals surface area contributed by atoms with Gasteiger partial charge in [-0.25, -0.2) is 4.79 Å². The minimum Gasteiger partial charge on any atom is -0.335 e. The second-order valence-corrected chi connectivity index (χ2v) is 7.04. The molecule has 0 heterocycles. The van der Waals surface area contributed by atoms with Gasteiger partial charge in [0.1, 0.15) is 0 Å². The van der Waals surface area contributed by atoms with E-state index in [4.69, 9.17) is 17.3 Å². The van der Waals surface area contributed by atoms with Crippen LogP contribution in [0.15, 0.2) is 24.3 Å². The number of carbonyl (C=O) groups excluding carboxylic acids is 1. The number of nitrogens with two attached hydrogens (primary N) is 1. The second kappa shape index (κ2) is 6.88. The number of hydrogen-bond acceptors (Lipinski definition) is 2. The lowest BCUT2D eigenvalue weighted by Crippen LogP contribution is -2.51. The summed E-state index contributed by atoms with van der Waals surface area (Å²) < 4.78 is 0. The average molecular weight is 322 g/mol.